The van der Waals surface area contributed by atoms with Crippen molar-refractivity contribution in [2.24, 2.45) is 11.8 Å². The summed E-state index contributed by atoms with van der Waals surface area (Å²) in [4.78, 5) is 28.3. The van der Waals surface area contributed by atoms with Gasteiger partial charge in [0.25, 0.3) is 15.9 Å². The quantitative estimate of drug-likeness (QED) is 0.505. The lowest BCUT2D eigenvalue weighted by Crippen LogP contribution is -2.50. The Morgan fingerprint density at radius 1 is 1.24 bits per heavy atom. The van der Waals surface area contributed by atoms with E-state index in [2.05, 4.69) is 5.32 Å². The number of amides is 2. The predicted octanol–water partition coefficient (Wildman–Crippen LogP) is 3.81. The molecule has 2 amide bonds. The first-order valence-corrected chi connectivity index (χ1v) is 15.5. The van der Waals surface area contributed by atoms with E-state index < -0.39 is 22.2 Å². The third-order valence-corrected chi connectivity index (χ3v) is 10.7. The molecule has 2 aromatic rings. The Morgan fingerprint density at radius 3 is 2.63 bits per heavy atom. The zero-order chi connectivity index (χ0) is 27.4. The van der Waals surface area contributed by atoms with Crippen molar-refractivity contribution in [3.8, 4) is 5.75 Å². The Balaban J connectivity index is 1.69. The van der Waals surface area contributed by atoms with Crippen LogP contribution in [0.3, 0.4) is 0 Å². The number of nitrogens with zero attached hydrogens (tertiary/aromatic N) is 2. The van der Waals surface area contributed by atoms with Gasteiger partial charge in [0.05, 0.1) is 30.4 Å². The number of likely N-dealkylation sites (N-methyl/N-ethyl adjacent to an activating group) is 1. The van der Waals surface area contributed by atoms with E-state index in [1.807, 2.05) is 6.92 Å². The van der Waals surface area contributed by atoms with Gasteiger partial charge in [-0.3, -0.25) is 9.59 Å². The molecule has 2 heterocycles. The number of ether oxygens (including phenoxy) is 1. The number of thiophene rings is 1. The summed E-state index contributed by atoms with van der Waals surface area (Å²) >= 11 is 1.15. The summed E-state index contributed by atoms with van der Waals surface area (Å²) < 4.78 is 34.3. The predicted molar refractivity (Wildman–Crippen MR) is 147 cm³/mol. The van der Waals surface area contributed by atoms with Crippen LogP contribution < -0.4 is 10.1 Å². The molecule has 0 saturated heterocycles. The highest BCUT2D eigenvalue weighted by atomic mass is 32.2. The SMILES string of the molecule is C[C@H](CO)N1C[C@H](C)[C@@H](CN(C)S(=O)(=O)c2cccs2)Oc2c(NC(=O)C3CCCCC3)cccc2C1=O. The summed E-state index contributed by atoms with van der Waals surface area (Å²) in [5, 5.41) is 14.6. The third-order valence-electron chi connectivity index (χ3n) is 7.52. The van der Waals surface area contributed by atoms with E-state index in [4.69, 9.17) is 4.74 Å². The van der Waals surface area contributed by atoms with Gasteiger partial charge >= 0.3 is 0 Å². The molecule has 0 bridgehead atoms. The van der Waals surface area contributed by atoms with Crippen molar-refractivity contribution in [2.45, 2.75) is 62.3 Å². The smallest absolute Gasteiger partial charge is 0.258 e. The number of aliphatic hydroxyl groups excluding tert-OH is 1. The van der Waals surface area contributed by atoms with Crippen LogP contribution in [0.4, 0.5) is 5.69 Å². The van der Waals surface area contributed by atoms with E-state index in [-0.39, 0.29) is 58.9 Å². The molecular weight excluding hydrogens is 526 g/mol. The van der Waals surface area contributed by atoms with Crippen molar-refractivity contribution in [3.63, 3.8) is 0 Å². The summed E-state index contributed by atoms with van der Waals surface area (Å²) in [5.41, 5.74) is 0.665. The molecule has 11 heteroatoms. The van der Waals surface area contributed by atoms with Crippen LogP contribution in [0.2, 0.25) is 0 Å². The second kappa shape index (κ2) is 12.1. The van der Waals surface area contributed by atoms with Gasteiger partial charge in [0.15, 0.2) is 5.75 Å². The highest BCUT2D eigenvalue weighted by Gasteiger charge is 2.36. The zero-order valence-corrected chi connectivity index (χ0v) is 23.8. The maximum absolute atomic E-state index is 13.6. The molecule has 1 aromatic heterocycles. The van der Waals surface area contributed by atoms with Crippen LogP contribution >= 0.6 is 11.3 Å². The Labute approximate surface area is 228 Å². The van der Waals surface area contributed by atoms with Gasteiger partial charge in [-0.25, -0.2) is 8.42 Å². The maximum Gasteiger partial charge on any atom is 0.258 e. The largest absolute Gasteiger partial charge is 0.486 e. The first kappa shape index (κ1) is 28.5. The summed E-state index contributed by atoms with van der Waals surface area (Å²) in [7, 11) is -2.21. The minimum absolute atomic E-state index is 0.0429. The molecule has 1 saturated carbocycles. The van der Waals surface area contributed by atoms with Crippen molar-refractivity contribution in [2.75, 3.05) is 32.1 Å². The van der Waals surface area contributed by atoms with Crippen LogP contribution in [0.1, 0.15) is 56.3 Å². The van der Waals surface area contributed by atoms with Crippen LogP contribution in [0.5, 0.6) is 5.75 Å². The standard InChI is InChI=1S/C27H37N3O6S2/c1-18-15-30(19(2)17-31)27(33)21-11-7-12-22(28-26(32)20-9-5-4-6-10-20)25(21)36-23(18)16-29(3)38(34,35)24-13-8-14-37-24/h7-8,11-14,18-20,23,31H,4-6,9-10,15-17H2,1-3H3,(H,28,32)/t18-,19+,23+/m0/s1. The number of hydrogen-bond donors (Lipinski definition) is 2. The van der Waals surface area contributed by atoms with Gasteiger partial charge in [-0.2, -0.15) is 4.31 Å². The molecule has 1 fully saturated rings. The van der Waals surface area contributed by atoms with Crippen molar-refractivity contribution < 1.29 is 27.9 Å². The number of hydrogen-bond acceptors (Lipinski definition) is 7. The summed E-state index contributed by atoms with van der Waals surface area (Å²) in [6.45, 7) is 3.76. The van der Waals surface area contributed by atoms with Crippen LogP contribution in [0.25, 0.3) is 0 Å². The normalized spacial score (nSPS) is 21.8. The van der Waals surface area contributed by atoms with Crippen LogP contribution in [0.15, 0.2) is 39.9 Å². The second-order valence-electron chi connectivity index (χ2n) is 10.3. The zero-order valence-electron chi connectivity index (χ0n) is 22.1. The van der Waals surface area contributed by atoms with Crippen LogP contribution in [-0.4, -0.2) is 73.4 Å². The van der Waals surface area contributed by atoms with Crippen molar-refractivity contribution >= 4 is 38.9 Å². The average Bonchev–Trinajstić information content (AvgIpc) is 3.47. The van der Waals surface area contributed by atoms with Gasteiger partial charge in [-0.15, -0.1) is 11.3 Å². The summed E-state index contributed by atoms with van der Waals surface area (Å²) in [6, 6.07) is 7.86. The van der Waals surface area contributed by atoms with Gasteiger partial charge < -0.3 is 20.1 Å². The van der Waals surface area contributed by atoms with E-state index in [9.17, 15) is 23.1 Å². The molecule has 38 heavy (non-hydrogen) atoms. The summed E-state index contributed by atoms with van der Waals surface area (Å²) in [5.74, 6) is -0.537. The van der Waals surface area contributed by atoms with Gasteiger partial charge in [0, 0.05) is 25.4 Å². The van der Waals surface area contributed by atoms with Crippen molar-refractivity contribution in [1.82, 2.24) is 9.21 Å². The molecular formula is C27H37N3O6S2. The molecule has 0 radical (unpaired) electrons. The Hall–Kier alpha value is -2.47. The molecule has 3 atom stereocenters. The number of carbonyl (C=O) groups excluding carboxylic acids is 2. The topological polar surface area (TPSA) is 116 Å². The van der Waals surface area contributed by atoms with Crippen molar-refractivity contribution in [3.05, 3.63) is 41.3 Å². The second-order valence-corrected chi connectivity index (χ2v) is 13.6. The monoisotopic (exact) mass is 563 g/mol. The Morgan fingerprint density at radius 2 is 1.97 bits per heavy atom. The van der Waals surface area contributed by atoms with Gasteiger partial charge in [-0.1, -0.05) is 38.3 Å². The lowest BCUT2D eigenvalue weighted by molar-refractivity contribution is -0.120. The van der Waals surface area contributed by atoms with E-state index in [1.54, 1.807) is 47.5 Å². The van der Waals surface area contributed by atoms with E-state index in [1.165, 1.54) is 11.4 Å². The molecule has 1 aliphatic carbocycles. The first-order valence-electron chi connectivity index (χ1n) is 13.2. The molecule has 1 aliphatic heterocycles. The lowest BCUT2D eigenvalue weighted by atomic mass is 9.88. The number of fused-ring (bicyclic) bond motifs is 1. The number of sulfonamides is 1. The number of anilines is 1. The first-order chi connectivity index (χ1) is 18.1. The maximum atomic E-state index is 13.6. The average molecular weight is 564 g/mol. The summed E-state index contributed by atoms with van der Waals surface area (Å²) in [6.07, 6.45) is 4.18. The van der Waals surface area contributed by atoms with E-state index >= 15 is 0 Å². The van der Waals surface area contributed by atoms with Crippen LogP contribution in [-0.2, 0) is 14.8 Å². The molecule has 4 rings (SSSR count). The van der Waals surface area contributed by atoms with E-state index in [0.717, 1.165) is 43.4 Å². The Kier molecular flexibility index (Phi) is 9.12. The highest BCUT2D eigenvalue weighted by molar-refractivity contribution is 7.91. The molecule has 2 aliphatic rings. The van der Waals surface area contributed by atoms with Crippen molar-refractivity contribution in [1.29, 1.82) is 0 Å². The molecule has 0 spiro atoms. The number of benzene rings is 1. The van der Waals surface area contributed by atoms with Gasteiger partial charge in [-0.05, 0) is 43.3 Å². The highest BCUT2D eigenvalue weighted by Crippen LogP contribution is 2.36. The number of carbonyl (C=O) groups is 2. The molecule has 2 N–H and O–H groups in total. The number of aliphatic hydroxyl groups is 1. The van der Waals surface area contributed by atoms with Crippen LogP contribution in [0, 0.1) is 11.8 Å². The minimum Gasteiger partial charge on any atom is -0.486 e. The minimum atomic E-state index is -3.72. The van der Waals surface area contributed by atoms with Gasteiger partial charge in [0.2, 0.25) is 5.91 Å². The Bertz CT molecular complexity index is 1230. The van der Waals surface area contributed by atoms with E-state index in [0.29, 0.717) is 5.69 Å². The number of rotatable bonds is 8. The molecule has 0 unspecified atom stereocenters. The van der Waals surface area contributed by atoms with Gasteiger partial charge in [0.1, 0.15) is 10.3 Å². The fourth-order valence-electron chi connectivity index (χ4n) is 5.07. The third kappa shape index (κ3) is 6.06. The fourth-order valence-corrected chi connectivity index (χ4v) is 7.46. The lowest BCUT2D eigenvalue weighted by Gasteiger charge is -2.38. The molecule has 9 nitrogen and oxygen atoms in total. The molecule has 208 valence electrons. The number of para-hydroxylation sites is 1. The fraction of sp³-hybridized carbons (Fsp3) is 0.556. The number of nitrogens with one attached hydrogen (secondary N) is 1. The molecule has 1 aromatic carbocycles.